The smallest absolute Gasteiger partial charge is 0.120 e. The second-order valence-electron chi connectivity index (χ2n) is 4.95. The highest BCUT2D eigenvalue weighted by Crippen LogP contribution is 2.24. The fraction of sp³-hybridized carbons (Fsp3) is 0.909. The summed E-state index contributed by atoms with van der Waals surface area (Å²) in [6.07, 6.45) is 5.31. The van der Waals surface area contributed by atoms with Crippen LogP contribution in [0.3, 0.4) is 0 Å². The van der Waals surface area contributed by atoms with Gasteiger partial charge in [-0.2, -0.15) is 0 Å². The molecule has 0 aromatic rings. The van der Waals surface area contributed by atoms with Gasteiger partial charge in [0.1, 0.15) is 6.29 Å². The van der Waals surface area contributed by atoms with E-state index >= 15 is 0 Å². The van der Waals surface area contributed by atoms with Gasteiger partial charge >= 0.3 is 0 Å². The van der Waals surface area contributed by atoms with Crippen LogP contribution >= 0.6 is 0 Å². The van der Waals surface area contributed by atoms with Gasteiger partial charge in [0.2, 0.25) is 0 Å². The predicted octanol–water partition coefficient (Wildman–Crippen LogP) is 3.43. The highest BCUT2D eigenvalue weighted by atomic mass is 16.1. The number of carbonyl (C=O) groups is 1. The normalized spacial score (nSPS) is 14.3. The van der Waals surface area contributed by atoms with Crippen LogP contribution in [0.2, 0.25) is 0 Å². The molecule has 1 unspecified atom stereocenters. The molecule has 1 heteroatoms. The van der Waals surface area contributed by atoms with Crippen molar-refractivity contribution in [3.05, 3.63) is 0 Å². The summed E-state index contributed by atoms with van der Waals surface area (Å²) in [6.45, 7) is 9.02. The largest absolute Gasteiger partial charge is 0.303 e. The van der Waals surface area contributed by atoms with Crippen LogP contribution in [0.25, 0.3) is 0 Å². The second kappa shape index (κ2) is 5.34. The Bertz CT molecular complexity index is 121. The van der Waals surface area contributed by atoms with Crippen LogP contribution < -0.4 is 0 Å². The van der Waals surface area contributed by atoms with Crippen molar-refractivity contribution >= 4 is 6.29 Å². The number of hydrogen-bond donors (Lipinski definition) is 0. The molecule has 0 saturated heterocycles. The van der Waals surface area contributed by atoms with Gasteiger partial charge in [0, 0.05) is 6.42 Å². The van der Waals surface area contributed by atoms with Crippen LogP contribution in [0.15, 0.2) is 0 Å². The molecule has 0 aliphatic heterocycles. The number of aldehydes is 1. The quantitative estimate of drug-likeness (QED) is 0.578. The van der Waals surface area contributed by atoms with Crippen molar-refractivity contribution in [1.82, 2.24) is 0 Å². The Morgan fingerprint density at radius 3 is 2.25 bits per heavy atom. The molecule has 0 bridgehead atoms. The minimum atomic E-state index is 0.440. The number of carbonyl (C=O) groups excluding carboxylic acids is 1. The lowest BCUT2D eigenvalue weighted by molar-refractivity contribution is -0.108. The van der Waals surface area contributed by atoms with E-state index in [0.717, 1.165) is 19.1 Å². The van der Waals surface area contributed by atoms with Gasteiger partial charge in [0.25, 0.3) is 0 Å². The SMILES string of the molecule is CC(CCC=O)CCC(C)(C)C. The van der Waals surface area contributed by atoms with Gasteiger partial charge in [-0.05, 0) is 24.2 Å². The molecule has 0 saturated carbocycles. The summed E-state index contributed by atoms with van der Waals surface area (Å²) in [4.78, 5) is 10.1. The molecule has 1 atom stereocenters. The highest BCUT2D eigenvalue weighted by Gasteiger charge is 2.11. The van der Waals surface area contributed by atoms with Crippen LogP contribution in [0.1, 0.15) is 53.4 Å². The predicted molar refractivity (Wildman–Crippen MR) is 53.2 cm³/mol. The van der Waals surface area contributed by atoms with Crippen molar-refractivity contribution in [2.24, 2.45) is 11.3 Å². The zero-order valence-electron chi connectivity index (χ0n) is 8.89. The molecule has 0 rings (SSSR count). The molecule has 1 nitrogen and oxygen atoms in total. The average Bonchev–Trinajstić information content (AvgIpc) is 1.95. The first kappa shape index (κ1) is 11.7. The molecule has 0 aromatic carbocycles. The molecular formula is C11H22O. The first-order valence-corrected chi connectivity index (χ1v) is 4.89. The summed E-state index contributed by atoms with van der Waals surface area (Å²) in [5.74, 6) is 0.703. The topological polar surface area (TPSA) is 17.1 Å². The van der Waals surface area contributed by atoms with E-state index in [1.54, 1.807) is 0 Å². The first-order valence-electron chi connectivity index (χ1n) is 4.89. The van der Waals surface area contributed by atoms with E-state index < -0.39 is 0 Å². The van der Waals surface area contributed by atoms with Crippen molar-refractivity contribution in [3.63, 3.8) is 0 Å². The van der Waals surface area contributed by atoms with Crippen LogP contribution in [0, 0.1) is 11.3 Å². The van der Waals surface area contributed by atoms with E-state index in [9.17, 15) is 4.79 Å². The molecule has 0 aliphatic rings. The Kier molecular flexibility index (Phi) is 5.19. The van der Waals surface area contributed by atoms with Gasteiger partial charge < -0.3 is 4.79 Å². The summed E-state index contributed by atoms with van der Waals surface area (Å²) in [7, 11) is 0. The molecule has 0 radical (unpaired) electrons. The maximum absolute atomic E-state index is 10.1. The van der Waals surface area contributed by atoms with Gasteiger partial charge in [-0.15, -0.1) is 0 Å². The van der Waals surface area contributed by atoms with Gasteiger partial charge in [0.15, 0.2) is 0 Å². The van der Waals surface area contributed by atoms with Gasteiger partial charge in [0.05, 0.1) is 0 Å². The monoisotopic (exact) mass is 170 g/mol. The molecule has 0 amide bonds. The summed E-state index contributed by atoms with van der Waals surface area (Å²) in [5, 5.41) is 0. The molecule has 0 aliphatic carbocycles. The summed E-state index contributed by atoms with van der Waals surface area (Å²) >= 11 is 0. The maximum Gasteiger partial charge on any atom is 0.120 e. The van der Waals surface area contributed by atoms with Crippen molar-refractivity contribution in [2.45, 2.75) is 53.4 Å². The molecule has 0 heterocycles. The van der Waals surface area contributed by atoms with E-state index in [0.29, 0.717) is 11.3 Å². The van der Waals surface area contributed by atoms with Crippen LogP contribution in [-0.2, 0) is 4.79 Å². The lowest BCUT2D eigenvalue weighted by Gasteiger charge is -2.20. The minimum Gasteiger partial charge on any atom is -0.303 e. The van der Waals surface area contributed by atoms with Gasteiger partial charge in [-0.1, -0.05) is 34.1 Å². The highest BCUT2D eigenvalue weighted by molar-refractivity contribution is 5.49. The summed E-state index contributed by atoms with van der Waals surface area (Å²) in [6, 6.07) is 0. The molecule has 0 fully saturated rings. The van der Waals surface area contributed by atoms with Crippen molar-refractivity contribution in [1.29, 1.82) is 0 Å². The molecule has 0 spiro atoms. The van der Waals surface area contributed by atoms with Crippen LogP contribution in [0.4, 0.5) is 0 Å². The third-order valence-corrected chi connectivity index (χ3v) is 2.16. The van der Waals surface area contributed by atoms with E-state index in [-0.39, 0.29) is 0 Å². The average molecular weight is 170 g/mol. The van der Waals surface area contributed by atoms with Gasteiger partial charge in [-0.3, -0.25) is 0 Å². The molecule has 12 heavy (non-hydrogen) atoms. The lowest BCUT2D eigenvalue weighted by Crippen LogP contribution is -2.07. The van der Waals surface area contributed by atoms with E-state index in [4.69, 9.17) is 0 Å². The van der Waals surface area contributed by atoms with Crippen LogP contribution in [0.5, 0.6) is 0 Å². The second-order valence-corrected chi connectivity index (χ2v) is 4.95. The zero-order valence-corrected chi connectivity index (χ0v) is 8.89. The molecular weight excluding hydrogens is 148 g/mol. The zero-order chi connectivity index (χ0) is 9.61. The Balaban J connectivity index is 3.43. The number of rotatable bonds is 5. The van der Waals surface area contributed by atoms with Crippen molar-refractivity contribution in [2.75, 3.05) is 0 Å². The standard InChI is InChI=1S/C11H22O/c1-10(6-5-9-12)7-8-11(2,3)4/h9-10H,5-8H2,1-4H3. The number of hydrogen-bond acceptors (Lipinski definition) is 1. The molecule has 0 aromatic heterocycles. The Morgan fingerprint density at radius 1 is 1.25 bits per heavy atom. The van der Waals surface area contributed by atoms with Crippen molar-refractivity contribution < 1.29 is 4.79 Å². The first-order chi connectivity index (χ1) is 5.45. The van der Waals surface area contributed by atoms with E-state index in [1.165, 1.54) is 12.8 Å². The lowest BCUT2D eigenvalue weighted by atomic mass is 9.86. The summed E-state index contributed by atoms with van der Waals surface area (Å²) in [5.41, 5.74) is 0.440. The molecule has 0 N–H and O–H groups in total. The van der Waals surface area contributed by atoms with E-state index in [2.05, 4.69) is 27.7 Å². The Morgan fingerprint density at radius 2 is 1.83 bits per heavy atom. The van der Waals surface area contributed by atoms with Gasteiger partial charge in [-0.25, -0.2) is 0 Å². The van der Waals surface area contributed by atoms with Crippen molar-refractivity contribution in [3.8, 4) is 0 Å². The minimum absolute atomic E-state index is 0.440. The fourth-order valence-electron chi connectivity index (χ4n) is 1.18. The molecule has 72 valence electrons. The third-order valence-electron chi connectivity index (χ3n) is 2.16. The Labute approximate surface area is 76.6 Å². The third kappa shape index (κ3) is 7.77. The maximum atomic E-state index is 10.1. The Hall–Kier alpha value is -0.330. The van der Waals surface area contributed by atoms with Crippen LogP contribution in [-0.4, -0.2) is 6.29 Å². The summed E-state index contributed by atoms with van der Waals surface area (Å²) < 4.78 is 0. The van der Waals surface area contributed by atoms with E-state index in [1.807, 2.05) is 0 Å². The fourth-order valence-corrected chi connectivity index (χ4v) is 1.18.